The number of piperidine rings is 1. The summed E-state index contributed by atoms with van der Waals surface area (Å²) in [5, 5.41) is 6.63. The Morgan fingerprint density at radius 3 is 2.59 bits per heavy atom. The lowest BCUT2D eigenvalue weighted by atomic mass is 9.98. The molecule has 0 aromatic rings. The first-order chi connectivity index (χ1) is 12.5. The van der Waals surface area contributed by atoms with E-state index >= 15 is 0 Å². The van der Waals surface area contributed by atoms with Crippen LogP contribution in [0.15, 0.2) is 4.99 Å². The van der Waals surface area contributed by atoms with Gasteiger partial charge in [-0.15, -0.1) is 24.0 Å². The Morgan fingerprint density at radius 1 is 1.26 bits per heavy atom. The summed E-state index contributed by atoms with van der Waals surface area (Å²) >= 11 is 0. The average Bonchev–Trinajstić information content (AvgIpc) is 3.13. The van der Waals surface area contributed by atoms with Crippen molar-refractivity contribution < 1.29 is 17.9 Å². The normalized spacial score (nSPS) is 22.4. The third kappa shape index (κ3) is 9.73. The monoisotopic (exact) mass is 518 g/mol. The van der Waals surface area contributed by atoms with Gasteiger partial charge in [-0.05, 0) is 38.0 Å². The van der Waals surface area contributed by atoms with Crippen LogP contribution >= 0.6 is 24.0 Å². The quantitative estimate of drug-likeness (QED) is 0.205. The smallest absolute Gasteiger partial charge is 0.211 e. The second kappa shape index (κ2) is 13.1. The van der Waals surface area contributed by atoms with Gasteiger partial charge in [0.1, 0.15) is 0 Å². The highest BCUT2D eigenvalue weighted by atomic mass is 127. The topological polar surface area (TPSA) is 92.3 Å². The number of ether oxygens (including phenoxy) is 2. The van der Waals surface area contributed by atoms with Crippen molar-refractivity contribution in [3.8, 4) is 0 Å². The molecule has 0 aromatic carbocycles. The summed E-state index contributed by atoms with van der Waals surface area (Å²) in [4.78, 5) is 4.23. The summed E-state index contributed by atoms with van der Waals surface area (Å²) in [6, 6.07) is 0. The van der Waals surface area contributed by atoms with E-state index in [1.54, 1.807) is 11.4 Å². The van der Waals surface area contributed by atoms with Gasteiger partial charge in [0.05, 0.1) is 19.0 Å². The van der Waals surface area contributed by atoms with Crippen molar-refractivity contribution in [1.29, 1.82) is 0 Å². The molecule has 27 heavy (non-hydrogen) atoms. The number of guanidine groups is 1. The van der Waals surface area contributed by atoms with Crippen LogP contribution in [0.1, 0.15) is 32.1 Å². The van der Waals surface area contributed by atoms with Crippen LogP contribution in [0.25, 0.3) is 0 Å². The summed E-state index contributed by atoms with van der Waals surface area (Å²) in [6.45, 7) is 5.11. The summed E-state index contributed by atoms with van der Waals surface area (Å²) in [5.74, 6) is 1.26. The van der Waals surface area contributed by atoms with Gasteiger partial charge in [0.2, 0.25) is 10.0 Å². The zero-order valence-electron chi connectivity index (χ0n) is 16.5. The highest BCUT2D eigenvalue weighted by Gasteiger charge is 2.24. The van der Waals surface area contributed by atoms with Crippen molar-refractivity contribution in [3.63, 3.8) is 0 Å². The van der Waals surface area contributed by atoms with Crippen molar-refractivity contribution in [1.82, 2.24) is 14.9 Å². The molecule has 0 bridgehead atoms. The third-order valence-corrected chi connectivity index (χ3v) is 6.21. The SMILES string of the molecule is CN=C(NCCCOCC1CCCO1)NCC1CCN(S(C)(=O)=O)CC1.I. The van der Waals surface area contributed by atoms with Gasteiger partial charge in [-0.3, -0.25) is 4.99 Å². The zero-order chi connectivity index (χ0) is 18.8. The van der Waals surface area contributed by atoms with Crippen LogP contribution in [0.3, 0.4) is 0 Å². The predicted octanol–water partition coefficient (Wildman–Crippen LogP) is 1.03. The first-order valence-electron chi connectivity index (χ1n) is 9.58. The van der Waals surface area contributed by atoms with Gasteiger partial charge in [-0.1, -0.05) is 0 Å². The lowest BCUT2D eigenvalue weighted by Gasteiger charge is -2.30. The number of halogens is 1. The van der Waals surface area contributed by atoms with Crippen molar-refractivity contribution in [2.75, 3.05) is 59.3 Å². The second-order valence-electron chi connectivity index (χ2n) is 7.05. The number of hydrogen-bond acceptors (Lipinski definition) is 5. The molecule has 0 amide bonds. The molecule has 0 saturated carbocycles. The molecule has 2 aliphatic heterocycles. The van der Waals surface area contributed by atoms with Gasteiger partial charge >= 0.3 is 0 Å². The van der Waals surface area contributed by atoms with Gasteiger partial charge < -0.3 is 20.1 Å². The summed E-state index contributed by atoms with van der Waals surface area (Å²) < 4.78 is 35.8. The Morgan fingerprint density at radius 2 is 2.00 bits per heavy atom. The Labute approximate surface area is 180 Å². The second-order valence-corrected chi connectivity index (χ2v) is 9.03. The molecular formula is C17H35IN4O4S. The molecule has 2 heterocycles. The minimum Gasteiger partial charge on any atom is -0.379 e. The molecule has 0 spiro atoms. The molecule has 8 nitrogen and oxygen atoms in total. The van der Waals surface area contributed by atoms with Gasteiger partial charge in [0, 0.05) is 46.4 Å². The number of aliphatic imine (C=N–C) groups is 1. The van der Waals surface area contributed by atoms with E-state index in [1.165, 1.54) is 6.26 Å². The van der Waals surface area contributed by atoms with Gasteiger partial charge in [0.15, 0.2) is 5.96 Å². The third-order valence-electron chi connectivity index (χ3n) is 4.91. The number of sulfonamides is 1. The molecular weight excluding hydrogens is 483 g/mol. The van der Waals surface area contributed by atoms with Crippen LogP contribution < -0.4 is 10.6 Å². The van der Waals surface area contributed by atoms with Crippen LogP contribution in [0.4, 0.5) is 0 Å². The Bertz CT molecular complexity index is 533. The van der Waals surface area contributed by atoms with E-state index < -0.39 is 10.0 Å². The lowest BCUT2D eigenvalue weighted by molar-refractivity contribution is 0.0168. The Balaban J connectivity index is 0.00000364. The van der Waals surface area contributed by atoms with E-state index in [1.807, 2.05) is 0 Å². The molecule has 0 aliphatic carbocycles. The van der Waals surface area contributed by atoms with E-state index in [2.05, 4.69) is 15.6 Å². The molecule has 1 unspecified atom stereocenters. The van der Waals surface area contributed by atoms with Crippen LogP contribution in [0.5, 0.6) is 0 Å². The Kier molecular flexibility index (Phi) is 12.1. The van der Waals surface area contributed by atoms with Crippen molar-refractivity contribution in [2.45, 2.75) is 38.2 Å². The maximum Gasteiger partial charge on any atom is 0.211 e. The predicted molar refractivity (Wildman–Crippen MR) is 118 cm³/mol. The molecule has 0 radical (unpaired) electrons. The molecule has 2 saturated heterocycles. The molecule has 0 aromatic heterocycles. The summed E-state index contributed by atoms with van der Waals surface area (Å²) in [7, 11) is -1.29. The molecule has 10 heteroatoms. The fourth-order valence-electron chi connectivity index (χ4n) is 3.28. The van der Waals surface area contributed by atoms with Gasteiger partial charge in [0.25, 0.3) is 0 Å². The van der Waals surface area contributed by atoms with Crippen LogP contribution in [0, 0.1) is 5.92 Å². The minimum atomic E-state index is -3.05. The Hall–Kier alpha value is -0.170. The molecule has 160 valence electrons. The molecule has 1 atom stereocenters. The summed E-state index contributed by atoms with van der Waals surface area (Å²) in [5.41, 5.74) is 0. The largest absolute Gasteiger partial charge is 0.379 e. The number of nitrogens with one attached hydrogen (secondary N) is 2. The van der Waals surface area contributed by atoms with Crippen LogP contribution in [0.2, 0.25) is 0 Å². The zero-order valence-corrected chi connectivity index (χ0v) is 19.6. The van der Waals surface area contributed by atoms with E-state index in [9.17, 15) is 8.42 Å². The van der Waals surface area contributed by atoms with Crippen LogP contribution in [-0.2, 0) is 19.5 Å². The average molecular weight is 518 g/mol. The van der Waals surface area contributed by atoms with Crippen LogP contribution in [-0.4, -0.2) is 84.1 Å². The lowest BCUT2D eigenvalue weighted by Crippen LogP contribution is -2.44. The van der Waals surface area contributed by atoms with Crippen molar-refractivity contribution in [3.05, 3.63) is 0 Å². The fourth-order valence-corrected chi connectivity index (χ4v) is 4.15. The maximum absolute atomic E-state index is 11.5. The first kappa shape index (κ1) is 24.9. The minimum absolute atomic E-state index is 0. The molecule has 2 fully saturated rings. The molecule has 2 N–H and O–H groups in total. The molecule has 2 rings (SSSR count). The van der Waals surface area contributed by atoms with Crippen molar-refractivity contribution >= 4 is 40.0 Å². The number of hydrogen-bond donors (Lipinski definition) is 2. The summed E-state index contributed by atoms with van der Waals surface area (Å²) in [6.07, 6.45) is 6.50. The number of rotatable bonds is 9. The van der Waals surface area contributed by atoms with E-state index in [-0.39, 0.29) is 30.1 Å². The number of nitrogens with zero attached hydrogens (tertiary/aromatic N) is 2. The van der Waals surface area contributed by atoms with Crippen molar-refractivity contribution in [2.24, 2.45) is 10.9 Å². The highest BCUT2D eigenvalue weighted by molar-refractivity contribution is 14.0. The highest BCUT2D eigenvalue weighted by Crippen LogP contribution is 2.18. The van der Waals surface area contributed by atoms with Gasteiger partial charge in [-0.25, -0.2) is 12.7 Å². The first-order valence-corrected chi connectivity index (χ1v) is 11.4. The molecule has 2 aliphatic rings. The van der Waals surface area contributed by atoms with E-state index in [4.69, 9.17) is 9.47 Å². The fraction of sp³-hybridized carbons (Fsp3) is 0.941. The van der Waals surface area contributed by atoms with E-state index in [0.717, 1.165) is 57.8 Å². The maximum atomic E-state index is 11.5. The van der Waals surface area contributed by atoms with Gasteiger partial charge in [-0.2, -0.15) is 0 Å². The van der Waals surface area contributed by atoms with E-state index in [0.29, 0.717) is 32.2 Å². The standard InChI is InChI=1S/C17H34N4O4S.HI/c1-18-17(19-8-4-11-24-14-16-5-3-12-25-16)20-13-15-6-9-21(10-7-15)26(2,22)23;/h15-16H,3-14H2,1-2H3,(H2,18,19,20);1H.